The lowest BCUT2D eigenvalue weighted by Crippen LogP contribution is -2.55. The van der Waals surface area contributed by atoms with Gasteiger partial charge in [-0.2, -0.15) is 0 Å². The van der Waals surface area contributed by atoms with Gasteiger partial charge in [-0.3, -0.25) is 0 Å². The third-order valence-corrected chi connectivity index (χ3v) is 4.02. The number of hydrogen-bond acceptors (Lipinski definition) is 2. The molecule has 2 heteroatoms. The van der Waals surface area contributed by atoms with Crippen LogP contribution in [-0.4, -0.2) is 25.8 Å². The number of fused-ring (bicyclic) bond motifs is 1. The molecule has 1 N–H and O–H groups in total. The Hall–Kier alpha value is -0.0800. The predicted molar refractivity (Wildman–Crippen MR) is 53.7 cm³/mol. The summed E-state index contributed by atoms with van der Waals surface area (Å²) in [7, 11) is 0. The average molecular weight is 183 g/mol. The van der Waals surface area contributed by atoms with Crippen molar-refractivity contribution >= 4 is 0 Å². The van der Waals surface area contributed by atoms with Gasteiger partial charge >= 0.3 is 0 Å². The van der Waals surface area contributed by atoms with Gasteiger partial charge in [0.05, 0.1) is 6.10 Å². The van der Waals surface area contributed by atoms with Crippen molar-refractivity contribution in [3.05, 3.63) is 0 Å². The number of hydrogen-bond donors (Lipinski definition) is 1. The zero-order valence-electron chi connectivity index (χ0n) is 8.81. The number of nitrogens with one attached hydrogen (secondary N) is 1. The van der Waals surface area contributed by atoms with Crippen LogP contribution in [0.15, 0.2) is 0 Å². The van der Waals surface area contributed by atoms with Crippen molar-refractivity contribution in [3.8, 4) is 0 Å². The molecule has 0 aromatic carbocycles. The number of rotatable bonds is 1. The first-order valence-corrected chi connectivity index (χ1v) is 5.58. The van der Waals surface area contributed by atoms with Gasteiger partial charge in [0.1, 0.15) is 0 Å². The maximum absolute atomic E-state index is 5.82. The molecule has 3 unspecified atom stereocenters. The summed E-state index contributed by atoms with van der Waals surface area (Å²) >= 11 is 0. The molecule has 0 radical (unpaired) electrons. The molecule has 0 spiro atoms. The van der Waals surface area contributed by atoms with E-state index < -0.39 is 0 Å². The molecule has 0 amide bonds. The van der Waals surface area contributed by atoms with E-state index in [1.165, 1.54) is 25.8 Å². The van der Waals surface area contributed by atoms with Crippen molar-refractivity contribution in [1.29, 1.82) is 0 Å². The zero-order valence-corrected chi connectivity index (χ0v) is 8.81. The van der Waals surface area contributed by atoms with E-state index in [0.717, 1.165) is 19.1 Å². The summed E-state index contributed by atoms with van der Waals surface area (Å²) in [5.74, 6) is 0.799. The van der Waals surface area contributed by atoms with Gasteiger partial charge in [-0.25, -0.2) is 0 Å². The van der Waals surface area contributed by atoms with E-state index >= 15 is 0 Å². The number of ether oxygens (including phenoxy) is 1. The van der Waals surface area contributed by atoms with E-state index in [1.54, 1.807) is 0 Å². The summed E-state index contributed by atoms with van der Waals surface area (Å²) in [6.45, 7) is 7.93. The molecular weight excluding hydrogens is 162 g/mol. The molecule has 2 saturated heterocycles. The van der Waals surface area contributed by atoms with Gasteiger partial charge in [-0.15, -0.1) is 0 Å². The van der Waals surface area contributed by atoms with Gasteiger partial charge in [-0.1, -0.05) is 13.8 Å². The second-order valence-electron chi connectivity index (χ2n) is 4.80. The maximum atomic E-state index is 5.82. The van der Waals surface area contributed by atoms with Crippen molar-refractivity contribution in [1.82, 2.24) is 5.32 Å². The Morgan fingerprint density at radius 3 is 3.15 bits per heavy atom. The highest BCUT2D eigenvalue weighted by atomic mass is 16.5. The van der Waals surface area contributed by atoms with Crippen molar-refractivity contribution in [2.45, 2.75) is 39.2 Å². The summed E-state index contributed by atoms with van der Waals surface area (Å²) < 4.78 is 5.82. The molecule has 0 aromatic rings. The molecule has 2 aliphatic rings. The monoisotopic (exact) mass is 183 g/mol. The first kappa shape index (κ1) is 9.47. The van der Waals surface area contributed by atoms with Crippen LogP contribution in [0.2, 0.25) is 0 Å². The third-order valence-electron chi connectivity index (χ3n) is 4.02. The highest BCUT2D eigenvalue weighted by molar-refractivity contribution is 4.94. The van der Waals surface area contributed by atoms with Crippen LogP contribution in [0.25, 0.3) is 0 Å². The van der Waals surface area contributed by atoms with Crippen LogP contribution in [0.3, 0.4) is 0 Å². The fourth-order valence-electron chi connectivity index (χ4n) is 2.86. The van der Waals surface area contributed by atoms with Gasteiger partial charge in [-0.05, 0) is 30.6 Å². The van der Waals surface area contributed by atoms with Crippen LogP contribution in [-0.2, 0) is 4.74 Å². The first-order valence-electron chi connectivity index (χ1n) is 5.58. The molecule has 2 aliphatic heterocycles. The molecule has 2 rings (SSSR count). The van der Waals surface area contributed by atoms with Crippen LogP contribution < -0.4 is 5.32 Å². The van der Waals surface area contributed by atoms with Crippen LogP contribution in [0.5, 0.6) is 0 Å². The van der Waals surface area contributed by atoms with Gasteiger partial charge in [0.2, 0.25) is 0 Å². The molecule has 0 saturated carbocycles. The standard InChI is InChI=1S/C11H21NO/c1-3-11(2)8-12-7-10-9(11)5-4-6-13-10/h9-10,12H,3-8H2,1-2H3. The molecule has 2 nitrogen and oxygen atoms in total. The largest absolute Gasteiger partial charge is 0.377 e. The Morgan fingerprint density at radius 2 is 2.38 bits per heavy atom. The minimum absolute atomic E-state index is 0.476. The van der Waals surface area contributed by atoms with Crippen molar-refractivity contribution in [3.63, 3.8) is 0 Å². The molecule has 0 aliphatic carbocycles. The van der Waals surface area contributed by atoms with E-state index in [2.05, 4.69) is 19.2 Å². The Labute approximate surface area is 81.0 Å². The zero-order chi connectivity index (χ0) is 9.31. The minimum Gasteiger partial charge on any atom is -0.377 e. The summed E-state index contributed by atoms with van der Waals surface area (Å²) in [4.78, 5) is 0. The van der Waals surface area contributed by atoms with Crippen LogP contribution >= 0.6 is 0 Å². The average Bonchev–Trinajstić information content (AvgIpc) is 2.19. The second kappa shape index (κ2) is 3.58. The normalized spacial score (nSPS) is 45.7. The summed E-state index contributed by atoms with van der Waals surface area (Å²) in [5, 5.41) is 3.50. The topological polar surface area (TPSA) is 21.3 Å². The van der Waals surface area contributed by atoms with Crippen LogP contribution in [0, 0.1) is 11.3 Å². The minimum atomic E-state index is 0.476. The molecule has 76 valence electrons. The third kappa shape index (κ3) is 1.62. The lowest BCUT2D eigenvalue weighted by atomic mass is 9.67. The molecule has 0 bridgehead atoms. The Morgan fingerprint density at radius 1 is 1.54 bits per heavy atom. The lowest BCUT2D eigenvalue weighted by Gasteiger charge is -2.48. The quantitative estimate of drug-likeness (QED) is 0.669. The Balaban J connectivity index is 2.11. The summed E-state index contributed by atoms with van der Waals surface area (Å²) in [6.07, 6.45) is 4.39. The summed E-state index contributed by atoms with van der Waals surface area (Å²) in [6, 6.07) is 0. The van der Waals surface area contributed by atoms with Gasteiger partial charge < -0.3 is 10.1 Å². The van der Waals surface area contributed by atoms with Gasteiger partial charge in [0.15, 0.2) is 0 Å². The Bertz CT molecular complexity index is 181. The highest BCUT2D eigenvalue weighted by Crippen LogP contribution is 2.41. The molecule has 13 heavy (non-hydrogen) atoms. The molecule has 0 aromatic heterocycles. The molecule has 2 heterocycles. The van der Waals surface area contributed by atoms with Crippen LogP contribution in [0.4, 0.5) is 0 Å². The summed E-state index contributed by atoms with van der Waals surface area (Å²) in [5.41, 5.74) is 0.476. The van der Waals surface area contributed by atoms with E-state index in [-0.39, 0.29) is 0 Å². The van der Waals surface area contributed by atoms with Crippen LogP contribution in [0.1, 0.15) is 33.1 Å². The van der Waals surface area contributed by atoms with Gasteiger partial charge in [0, 0.05) is 19.7 Å². The highest BCUT2D eigenvalue weighted by Gasteiger charge is 2.42. The fourth-order valence-corrected chi connectivity index (χ4v) is 2.86. The SMILES string of the molecule is CCC1(C)CNCC2OCCCC21. The van der Waals surface area contributed by atoms with E-state index in [9.17, 15) is 0 Å². The molecule has 3 atom stereocenters. The van der Waals surface area contributed by atoms with E-state index in [1.807, 2.05) is 0 Å². The van der Waals surface area contributed by atoms with E-state index in [0.29, 0.717) is 11.5 Å². The van der Waals surface area contributed by atoms with Gasteiger partial charge in [0.25, 0.3) is 0 Å². The second-order valence-corrected chi connectivity index (χ2v) is 4.80. The first-order chi connectivity index (χ1) is 6.26. The lowest BCUT2D eigenvalue weighted by molar-refractivity contribution is -0.0905. The fraction of sp³-hybridized carbons (Fsp3) is 1.00. The van der Waals surface area contributed by atoms with Crippen molar-refractivity contribution in [2.24, 2.45) is 11.3 Å². The van der Waals surface area contributed by atoms with Crippen molar-refractivity contribution in [2.75, 3.05) is 19.7 Å². The predicted octanol–water partition coefficient (Wildman–Crippen LogP) is 1.80. The van der Waals surface area contributed by atoms with E-state index in [4.69, 9.17) is 4.74 Å². The molecule has 2 fully saturated rings. The van der Waals surface area contributed by atoms with Crippen molar-refractivity contribution < 1.29 is 4.74 Å². The molecular formula is C11H21NO. The maximum Gasteiger partial charge on any atom is 0.0733 e. The smallest absolute Gasteiger partial charge is 0.0733 e. The number of piperidine rings is 1. The Kier molecular flexibility index (Phi) is 2.61.